The van der Waals surface area contributed by atoms with Crippen molar-refractivity contribution in [3.05, 3.63) is 77.9 Å². The molecule has 100 valence electrons. The zero-order valence-corrected chi connectivity index (χ0v) is 11.7. The molecule has 1 unspecified atom stereocenters. The SMILES string of the molecule is C1=CC2=CCCC3=Nc4cc5ccccc5cc4C23C=C1. The van der Waals surface area contributed by atoms with Crippen LogP contribution in [0.2, 0.25) is 0 Å². The van der Waals surface area contributed by atoms with Crippen molar-refractivity contribution in [3.8, 4) is 0 Å². The lowest BCUT2D eigenvalue weighted by Crippen LogP contribution is -2.35. The predicted octanol–water partition coefficient (Wildman–Crippen LogP) is 5.01. The van der Waals surface area contributed by atoms with E-state index >= 15 is 0 Å². The number of hydrogen-bond acceptors (Lipinski definition) is 1. The Kier molecular flexibility index (Phi) is 2.05. The second kappa shape index (κ2) is 3.82. The average molecular weight is 269 g/mol. The number of rotatable bonds is 0. The summed E-state index contributed by atoms with van der Waals surface area (Å²) in [5, 5.41) is 2.58. The Morgan fingerprint density at radius 1 is 1.00 bits per heavy atom. The van der Waals surface area contributed by atoms with Crippen LogP contribution in [-0.2, 0) is 5.41 Å². The first-order valence-corrected chi connectivity index (χ1v) is 7.56. The Morgan fingerprint density at radius 3 is 2.76 bits per heavy atom. The summed E-state index contributed by atoms with van der Waals surface area (Å²) in [6, 6.07) is 13.1. The van der Waals surface area contributed by atoms with Crippen LogP contribution < -0.4 is 0 Å². The van der Waals surface area contributed by atoms with Gasteiger partial charge in [-0.1, -0.05) is 54.6 Å². The highest BCUT2D eigenvalue weighted by Gasteiger charge is 2.45. The summed E-state index contributed by atoms with van der Waals surface area (Å²) in [4.78, 5) is 4.99. The molecule has 1 spiro atoms. The number of nitrogens with zero attached hydrogens (tertiary/aromatic N) is 1. The van der Waals surface area contributed by atoms with E-state index in [0.717, 1.165) is 18.5 Å². The molecule has 1 heterocycles. The van der Waals surface area contributed by atoms with E-state index in [0.29, 0.717) is 0 Å². The van der Waals surface area contributed by atoms with Gasteiger partial charge in [0.1, 0.15) is 0 Å². The Morgan fingerprint density at radius 2 is 1.86 bits per heavy atom. The highest BCUT2D eigenvalue weighted by atomic mass is 14.8. The highest BCUT2D eigenvalue weighted by molar-refractivity contribution is 6.09. The maximum Gasteiger partial charge on any atom is 0.0786 e. The van der Waals surface area contributed by atoms with Crippen molar-refractivity contribution in [1.29, 1.82) is 0 Å². The molecule has 1 heteroatoms. The molecule has 2 aromatic carbocycles. The molecule has 0 N–H and O–H groups in total. The molecule has 2 aliphatic carbocycles. The zero-order chi connectivity index (χ0) is 13.9. The van der Waals surface area contributed by atoms with Gasteiger partial charge in [0, 0.05) is 5.71 Å². The largest absolute Gasteiger partial charge is 0.256 e. The number of aliphatic imine (C=N–C) groups is 1. The van der Waals surface area contributed by atoms with Crippen LogP contribution in [0.3, 0.4) is 0 Å². The van der Waals surface area contributed by atoms with Crippen molar-refractivity contribution in [3.63, 3.8) is 0 Å². The minimum atomic E-state index is -0.0909. The van der Waals surface area contributed by atoms with Crippen molar-refractivity contribution in [1.82, 2.24) is 0 Å². The van der Waals surface area contributed by atoms with Crippen LogP contribution in [0.1, 0.15) is 18.4 Å². The van der Waals surface area contributed by atoms with E-state index in [4.69, 9.17) is 4.99 Å². The molecule has 0 fully saturated rings. The lowest BCUT2D eigenvalue weighted by Gasteiger charge is -2.35. The van der Waals surface area contributed by atoms with E-state index in [2.05, 4.69) is 66.8 Å². The molecule has 3 aliphatic rings. The molecule has 1 atom stereocenters. The summed E-state index contributed by atoms with van der Waals surface area (Å²) in [6.45, 7) is 0. The van der Waals surface area contributed by atoms with Gasteiger partial charge in [-0.25, -0.2) is 0 Å². The molecule has 1 nitrogen and oxygen atoms in total. The summed E-state index contributed by atoms with van der Waals surface area (Å²) in [7, 11) is 0. The third kappa shape index (κ3) is 1.33. The van der Waals surface area contributed by atoms with Crippen LogP contribution in [0.15, 0.2) is 77.3 Å². The van der Waals surface area contributed by atoms with Gasteiger partial charge in [-0.2, -0.15) is 0 Å². The van der Waals surface area contributed by atoms with Gasteiger partial charge in [0.25, 0.3) is 0 Å². The number of allylic oxidation sites excluding steroid dienone is 6. The Labute approximate surface area is 124 Å². The van der Waals surface area contributed by atoms with Crippen LogP contribution in [0.5, 0.6) is 0 Å². The summed E-state index contributed by atoms with van der Waals surface area (Å²) >= 11 is 0. The van der Waals surface area contributed by atoms with Gasteiger partial charge in [-0.15, -0.1) is 0 Å². The smallest absolute Gasteiger partial charge is 0.0786 e. The van der Waals surface area contributed by atoms with Crippen molar-refractivity contribution in [2.45, 2.75) is 18.3 Å². The monoisotopic (exact) mass is 269 g/mol. The molecule has 2 aromatic rings. The van der Waals surface area contributed by atoms with E-state index in [1.807, 2.05) is 0 Å². The lowest BCUT2D eigenvalue weighted by molar-refractivity contribution is 0.808. The van der Waals surface area contributed by atoms with Gasteiger partial charge >= 0.3 is 0 Å². The number of benzene rings is 2. The van der Waals surface area contributed by atoms with Crippen LogP contribution in [-0.4, -0.2) is 5.71 Å². The standard InChI is InChI=1S/C20H15N/c1-2-7-15-13-18-17(12-14(15)6-1)20-11-4-3-8-16(20)9-5-10-19(20)21-18/h1-4,6-9,11-13H,5,10H2. The minimum Gasteiger partial charge on any atom is -0.256 e. The fraction of sp³-hybridized carbons (Fsp3) is 0.150. The second-order valence-electron chi connectivity index (χ2n) is 6.00. The molecule has 21 heavy (non-hydrogen) atoms. The second-order valence-corrected chi connectivity index (χ2v) is 6.00. The molecule has 0 radical (unpaired) electrons. The summed E-state index contributed by atoms with van der Waals surface area (Å²) in [6.07, 6.45) is 13.4. The fourth-order valence-corrected chi connectivity index (χ4v) is 3.97. The van der Waals surface area contributed by atoms with Crippen molar-refractivity contribution in [2.75, 3.05) is 0 Å². The normalized spacial score (nSPS) is 25.1. The van der Waals surface area contributed by atoms with Gasteiger partial charge in [0.05, 0.1) is 11.1 Å². The van der Waals surface area contributed by atoms with Gasteiger partial charge in [0.2, 0.25) is 0 Å². The molecule has 0 saturated carbocycles. The molecule has 0 saturated heterocycles. The molecular formula is C20H15N. The van der Waals surface area contributed by atoms with Crippen LogP contribution >= 0.6 is 0 Å². The number of fused-ring (bicyclic) bond motifs is 2. The lowest BCUT2D eigenvalue weighted by atomic mass is 9.66. The molecular weight excluding hydrogens is 254 g/mol. The Hall–Kier alpha value is -2.41. The van der Waals surface area contributed by atoms with Crippen molar-refractivity contribution in [2.24, 2.45) is 4.99 Å². The quantitative estimate of drug-likeness (QED) is 0.637. The van der Waals surface area contributed by atoms with Gasteiger partial charge in [0.15, 0.2) is 0 Å². The van der Waals surface area contributed by atoms with Gasteiger partial charge < -0.3 is 0 Å². The first-order chi connectivity index (χ1) is 10.4. The van der Waals surface area contributed by atoms with E-state index in [9.17, 15) is 0 Å². The topological polar surface area (TPSA) is 12.4 Å². The molecule has 0 bridgehead atoms. The van der Waals surface area contributed by atoms with Crippen molar-refractivity contribution >= 4 is 22.2 Å². The first kappa shape index (κ1) is 11.3. The van der Waals surface area contributed by atoms with Crippen LogP contribution in [0.4, 0.5) is 5.69 Å². The summed E-state index contributed by atoms with van der Waals surface area (Å²) < 4.78 is 0. The Balaban J connectivity index is 1.87. The van der Waals surface area contributed by atoms with E-state index in [1.54, 1.807) is 0 Å². The zero-order valence-electron chi connectivity index (χ0n) is 11.7. The van der Waals surface area contributed by atoms with Crippen LogP contribution in [0.25, 0.3) is 10.8 Å². The Bertz CT molecular complexity index is 895. The van der Waals surface area contributed by atoms with Crippen molar-refractivity contribution < 1.29 is 0 Å². The molecule has 1 aliphatic heterocycles. The van der Waals surface area contributed by atoms with Gasteiger partial charge in [-0.05, 0) is 46.9 Å². The summed E-state index contributed by atoms with van der Waals surface area (Å²) in [5.74, 6) is 0. The van der Waals surface area contributed by atoms with Crippen LogP contribution in [0, 0.1) is 0 Å². The van der Waals surface area contributed by atoms with E-state index < -0.39 is 0 Å². The van der Waals surface area contributed by atoms with E-state index in [-0.39, 0.29) is 5.41 Å². The fourth-order valence-electron chi connectivity index (χ4n) is 3.97. The average Bonchev–Trinajstić information content (AvgIpc) is 2.84. The van der Waals surface area contributed by atoms with E-state index in [1.165, 1.54) is 27.6 Å². The first-order valence-electron chi connectivity index (χ1n) is 7.56. The highest BCUT2D eigenvalue weighted by Crippen LogP contribution is 2.51. The number of hydrogen-bond donors (Lipinski definition) is 0. The molecule has 0 amide bonds. The minimum absolute atomic E-state index is 0.0909. The third-order valence-corrected chi connectivity index (χ3v) is 4.93. The third-order valence-electron chi connectivity index (χ3n) is 4.93. The molecule has 0 aromatic heterocycles. The maximum atomic E-state index is 4.99. The predicted molar refractivity (Wildman–Crippen MR) is 88.3 cm³/mol. The van der Waals surface area contributed by atoms with Gasteiger partial charge in [-0.3, -0.25) is 4.99 Å². The molecule has 5 rings (SSSR count). The summed E-state index contributed by atoms with van der Waals surface area (Å²) in [5.41, 5.74) is 5.11. The maximum absolute atomic E-state index is 4.99.